The number of carboxylic acids is 1. The van der Waals surface area contributed by atoms with Crippen LogP contribution in [0.3, 0.4) is 0 Å². The van der Waals surface area contributed by atoms with E-state index in [2.05, 4.69) is 16.0 Å². The van der Waals surface area contributed by atoms with E-state index in [9.17, 15) is 39.0 Å². The molecule has 1 saturated carbocycles. The maximum atomic E-state index is 13.1. The van der Waals surface area contributed by atoms with E-state index < -0.39 is 53.4 Å². The predicted molar refractivity (Wildman–Crippen MR) is 144 cm³/mol. The molecule has 15 nitrogen and oxygen atoms in total. The minimum Gasteiger partial charge on any atom is -0.480 e. The average Bonchev–Trinajstić information content (AvgIpc) is 2.88. The largest absolute Gasteiger partial charge is 0.506 e. The Labute approximate surface area is 236 Å². The fourth-order valence-corrected chi connectivity index (χ4v) is 4.68. The number of hydrogen-bond donors (Lipinski definition) is 6. The van der Waals surface area contributed by atoms with Crippen molar-refractivity contribution in [3.63, 3.8) is 0 Å². The van der Waals surface area contributed by atoms with Gasteiger partial charge in [0.1, 0.15) is 11.5 Å². The smallest absolute Gasteiger partial charge is 0.480 e. The Hall–Kier alpha value is -4.40. The molecule has 1 unspecified atom stereocenters. The first-order valence-corrected chi connectivity index (χ1v) is 13.3. The SMILES string of the molecule is CN1CCN(C(=O)C(OC(=O)O)c2ccc(NC(=O)[C@H](CCCNC(N)=O)NC(=O)C3(C(=O)O)CCC3)cc2)CC1. The maximum absolute atomic E-state index is 13.1. The number of rotatable bonds is 12. The molecule has 5 amide bonds. The number of benzene rings is 1. The van der Waals surface area contributed by atoms with Crippen LogP contribution in [-0.2, 0) is 23.9 Å². The van der Waals surface area contributed by atoms with Gasteiger partial charge in [-0.05, 0) is 44.9 Å². The Kier molecular flexibility index (Phi) is 10.5. The fraction of sp³-hybridized carbons (Fsp3) is 0.538. The molecule has 1 aliphatic carbocycles. The van der Waals surface area contributed by atoms with Crippen LogP contribution in [0.4, 0.5) is 15.3 Å². The van der Waals surface area contributed by atoms with Crippen LogP contribution in [0.2, 0.25) is 0 Å². The van der Waals surface area contributed by atoms with Gasteiger partial charge in [0.15, 0.2) is 0 Å². The molecule has 0 aromatic heterocycles. The van der Waals surface area contributed by atoms with Crippen molar-refractivity contribution >= 4 is 41.6 Å². The Morgan fingerprint density at radius 2 is 1.66 bits per heavy atom. The lowest BCUT2D eigenvalue weighted by atomic mass is 9.68. The van der Waals surface area contributed by atoms with Gasteiger partial charge in [-0.15, -0.1) is 0 Å². The second kappa shape index (κ2) is 13.8. The third-order valence-corrected chi connectivity index (χ3v) is 7.38. The molecule has 1 aromatic carbocycles. The number of likely N-dealkylation sites (N-methyl/N-ethyl adjacent to an activating group) is 1. The number of ether oxygens (including phenoxy) is 1. The van der Waals surface area contributed by atoms with Gasteiger partial charge < -0.3 is 46.4 Å². The summed E-state index contributed by atoms with van der Waals surface area (Å²) in [7, 11) is 1.92. The number of nitrogens with zero attached hydrogens (tertiary/aromatic N) is 2. The van der Waals surface area contributed by atoms with Gasteiger partial charge in [0.05, 0.1) is 0 Å². The zero-order valence-electron chi connectivity index (χ0n) is 22.8. The molecule has 2 fully saturated rings. The number of amides is 5. The van der Waals surface area contributed by atoms with Gasteiger partial charge in [0.25, 0.3) is 5.91 Å². The molecule has 2 atom stereocenters. The topological polar surface area (TPSA) is 221 Å². The van der Waals surface area contributed by atoms with E-state index in [0.717, 1.165) is 0 Å². The highest BCUT2D eigenvalue weighted by Crippen LogP contribution is 2.41. The van der Waals surface area contributed by atoms with Gasteiger partial charge in [0.2, 0.25) is 17.9 Å². The lowest BCUT2D eigenvalue weighted by Crippen LogP contribution is -2.55. The summed E-state index contributed by atoms with van der Waals surface area (Å²) in [6.45, 7) is 2.27. The van der Waals surface area contributed by atoms with E-state index >= 15 is 0 Å². The summed E-state index contributed by atoms with van der Waals surface area (Å²) in [5.74, 6) is -3.13. The summed E-state index contributed by atoms with van der Waals surface area (Å²) in [5.41, 5.74) is 4.03. The Morgan fingerprint density at radius 3 is 2.17 bits per heavy atom. The van der Waals surface area contributed by atoms with Crippen LogP contribution in [-0.4, -0.2) is 102 Å². The Bertz CT molecular complexity index is 1150. The van der Waals surface area contributed by atoms with Gasteiger partial charge in [-0.3, -0.25) is 19.2 Å². The highest BCUT2D eigenvalue weighted by atomic mass is 16.7. The molecule has 7 N–H and O–H groups in total. The van der Waals surface area contributed by atoms with Crippen LogP contribution in [0.15, 0.2) is 24.3 Å². The first kappa shape index (κ1) is 31.1. The number of primary amides is 1. The van der Waals surface area contributed by atoms with Gasteiger partial charge >= 0.3 is 18.2 Å². The number of carbonyl (C=O) groups is 6. The number of piperazine rings is 1. The zero-order valence-corrected chi connectivity index (χ0v) is 22.8. The van der Waals surface area contributed by atoms with E-state index in [1.165, 1.54) is 29.2 Å². The quantitative estimate of drug-likeness (QED) is 0.114. The van der Waals surface area contributed by atoms with Crippen LogP contribution in [0.5, 0.6) is 0 Å². The number of aliphatic carboxylic acids is 1. The van der Waals surface area contributed by atoms with Crippen LogP contribution >= 0.6 is 0 Å². The summed E-state index contributed by atoms with van der Waals surface area (Å²) in [6.07, 6.45) is -1.73. The van der Waals surface area contributed by atoms with Gasteiger partial charge in [-0.1, -0.05) is 18.6 Å². The highest BCUT2D eigenvalue weighted by Gasteiger charge is 2.51. The summed E-state index contributed by atoms with van der Waals surface area (Å²) in [4.78, 5) is 76.6. The molecule has 0 spiro atoms. The molecular weight excluding hydrogens is 540 g/mol. The van der Waals surface area contributed by atoms with Crippen molar-refractivity contribution in [2.75, 3.05) is 45.1 Å². The molecule has 15 heteroatoms. The summed E-state index contributed by atoms with van der Waals surface area (Å²) >= 11 is 0. The molecule has 1 saturated heterocycles. The molecule has 224 valence electrons. The van der Waals surface area contributed by atoms with E-state index in [0.29, 0.717) is 32.6 Å². The normalized spacial score (nSPS) is 17.7. The summed E-state index contributed by atoms with van der Waals surface area (Å²) in [6, 6.07) is 3.97. The number of urea groups is 1. The average molecular weight is 577 g/mol. The standard InChI is InChI=1S/C26H36N6O9/c1-31-12-14-32(15-13-31)21(34)19(41-25(39)40)16-5-7-17(8-6-16)29-20(33)18(4-2-11-28-24(27)38)30-22(35)26(23(36)37)9-3-10-26/h5-8,18-19H,2-4,9-15H2,1H3,(H,29,33)(H,30,35)(H,36,37)(H,39,40)(H3,27,28,38)/t18-,19?/m0/s1. The predicted octanol–water partition coefficient (Wildman–Crippen LogP) is 0.323. The second-order valence-corrected chi connectivity index (χ2v) is 10.2. The number of nitrogens with one attached hydrogen (secondary N) is 3. The summed E-state index contributed by atoms with van der Waals surface area (Å²) < 4.78 is 4.91. The first-order valence-electron chi connectivity index (χ1n) is 13.3. The fourth-order valence-electron chi connectivity index (χ4n) is 4.68. The highest BCUT2D eigenvalue weighted by molar-refractivity contribution is 6.05. The number of hydrogen-bond acceptors (Lipinski definition) is 8. The van der Waals surface area contributed by atoms with Crippen LogP contribution < -0.4 is 21.7 Å². The van der Waals surface area contributed by atoms with Crippen molar-refractivity contribution in [1.29, 1.82) is 0 Å². The van der Waals surface area contributed by atoms with Crippen molar-refractivity contribution in [2.24, 2.45) is 11.1 Å². The molecule has 0 bridgehead atoms. The number of carboxylic acid groups (broad SMARTS) is 2. The van der Waals surface area contributed by atoms with Crippen LogP contribution in [0.1, 0.15) is 43.8 Å². The van der Waals surface area contributed by atoms with E-state index in [4.69, 9.17) is 10.5 Å². The zero-order chi connectivity index (χ0) is 30.2. The number of nitrogens with two attached hydrogens (primary N) is 1. The van der Waals surface area contributed by atoms with Crippen molar-refractivity contribution in [3.8, 4) is 0 Å². The van der Waals surface area contributed by atoms with Crippen molar-refractivity contribution in [1.82, 2.24) is 20.4 Å². The molecule has 1 aliphatic heterocycles. The van der Waals surface area contributed by atoms with Gasteiger partial charge in [-0.25, -0.2) is 9.59 Å². The first-order chi connectivity index (χ1) is 19.4. The summed E-state index contributed by atoms with van der Waals surface area (Å²) in [5, 5.41) is 26.4. The van der Waals surface area contributed by atoms with Crippen LogP contribution in [0, 0.1) is 5.41 Å². The lowest BCUT2D eigenvalue weighted by molar-refractivity contribution is -0.162. The molecule has 2 aliphatic rings. The maximum Gasteiger partial charge on any atom is 0.506 e. The van der Waals surface area contributed by atoms with Crippen molar-refractivity contribution in [3.05, 3.63) is 29.8 Å². The molecule has 3 rings (SSSR count). The number of anilines is 1. The van der Waals surface area contributed by atoms with E-state index in [1.54, 1.807) is 0 Å². The van der Waals surface area contributed by atoms with E-state index in [-0.39, 0.29) is 43.5 Å². The molecule has 1 heterocycles. The van der Waals surface area contributed by atoms with Gasteiger partial charge in [-0.2, -0.15) is 0 Å². The van der Waals surface area contributed by atoms with Crippen molar-refractivity contribution < 1.29 is 43.7 Å². The molecular formula is C26H36N6O9. The van der Waals surface area contributed by atoms with Crippen molar-refractivity contribution in [2.45, 2.75) is 44.2 Å². The Balaban J connectivity index is 1.71. The molecule has 41 heavy (non-hydrogen) atoms. The number of carbonyl (C=O) groups excluding carboxylic acids is 4. The third kappa shape index (κ3) is 8.06. The second-order valence-electron chi connectivity index (χ2n) is 10.2. The minimum absolute atomic E-state index is 0.0830. The minimum atomic E-state index is -1.61. The Morgan fingerprint density at radius 1 is 1.02 bits per heavy atom. The molecule has 0 radical (unpaired) electrons. The van der Waals surface area contributed by atoms with Gasteiger partial charge in [0, 0.05) is 44.0 Å². The molecule has 1 aromatic rings. The lowest BCUT2D eigenvalue weighted by Gasteiger charge is -2.37. The van der Waals surface area contributed by atoms with E-state index in [1.807, 2.05) is 11.9 Å². The van der Waals surface area contributed by atoms with Crippen LogP contribution in [0.25, 0.3) is 0 Å². The third-order valence-electron chi connectivity index (χ3n) is 7.38. The monoisotopic (exact) mass is 576 g/mol.